The van der Waals surface area contributed by atoms with Gasteiger partial charge in [0.25, 0.3) is 0 Å². The number of benzene rings is 2. The largest absolute Gasteiger partial charge is 0.554 e. The molecule has 0 saturated carbocycles. The van der Waals surface area contributed by atoms with Crippen LogP contribution in [0, 0.1) is 11.3 Å². The fourth-order valence-corrected chi connectivity index (χ4v) is 4.99. The van der Waals surface area contributed by atoms with E-state index in [9.17, 15) is 28.0 Å². The third kappa shape index (κ3) is 6.24. The predicted molar refractivity (Wildman–Crippen MR) is 147 cm³/mol. The van der Waals surface area contributed by atoms with Gasteiger partial charge in [0.15, 0.2) is 18.9 Å². The van der Waals surface area contributed by atoms with Crippen LogP contribution in [0.15, 0.2) is 89.3 Å². The number of hydrogen-bond acceptors (Lipinski definition) is 8. The Morgan fingerprint density at radius 2 is 1.98 bits per heavy atom. The Kier molecular flexibility index (Phi) is 9.33. The zero-order valence-electron chi connectivity index (χ0n) is 22.6. The molecule has 2 aromatic carbocycles. The molecule has 2 aromatic heterocycles. The van der Waals surface area contributed by atoms with E-state index in [0.717, 1.165) is 18.2 Å². The van der Waals surface area contributed by atoms with Gasteiger partial charge in [0.2, 0.25) is 5.95 Å². The van der Waals surface area contributed by atoms with Crippen molar-refractivity contribution in [3.63, 3.8) is 0 Å². The summed E-state index contributed by atoms with van der Waals surface area (Å²) in [4.78, 5) is 34.4. The molecule has 224 valence electrons. The lowest BCUT2D eigenvalue weighted by atomic mass is 9.94. The number of aromatic amines is 1. The zero-order chi connectivity index (χ0) is 32.0. The molecule has 3 heterocycles. The van der Waals surface area contributed by atoms with Crippen LogP contribution in [0.1, 0.15) is 28.3 Å². The van der Waals surface area contributed by atoms with Gasteiger partial charge < -0.3 is 14.6 Å². The van der Waals surface area contributed by atoms with E-state index in [1.54, 1.807) is 53.2 Å². The average molecular weight is 625 g/mol. The maximum Gasteiger partial charge on any atom is 0.416 e. The standard InChI is InChI=1S/C28H18ClF3N6O3.CH2O2/c1-41-25-23(9-11-39)37(21-6-2-4-19(13-21)28(30,31)32)26-34-35-27(40)38(26)24(25)22-8-7-17(14-33)12-18(22)15-36-10-3-5-20(29)16-36;2-1-3/h2-10,12-13,16,24H,15H2,1H3;1H,(H,2,3)/t24-;/m1./s1. The van der Waals surface area contributed by atoms with Crippen molar-refractivity contribution in [3.05, 3.63) is 122 Å². The first-order valence-electron chi connectivity index (χ1n) is 12.4. The second kappa shape index (κ2) is 13.1. The second-order valence-electron chi connectivity index (χ2n) is 9.02. The van der Waals surface area contributed by atoms with Crippen molar-refractivity contribution in [1.82, 2.24) is 14.8 Å². The minimum atomic E-state index is -4.65. The molecule has 1 aliphatic heterocycles. The van der Waals surface area contributed by atoms with E-state index < -0.39 is 29.9 Å². The third-order valence-corrected chi connectivity index (χ3v) is 6.70. The number of H-pyrrole nitrogens is 1. The van der Waals surface area contributed by atoms with Crippen LogP contribution in [0.25, 0.3) is 0 Å². The molecule has 0 amide bonds. The van der Waals surface area contributed by atoms with E-state index in [2.05, 4.69) is 16.3 Å². The number of nitriles is 1. The van der Waals surface area contributed by atoms with Gasteiger partial charge in [0.1, 0.15) is 28.5 Å². The van der Waals surface area contributed by atoms with Crippen molar-refractivity contribution in [2.45, 2.75) is 18.8 Å². The van der Waals surface area contributed by atoms with Crippen molar-refractivity contribution in [3.8, 4) is 6.07 Å². The van der Waals surface area contributed by atoms with Gasteiger partial charge in [-0.2, -0.15) is 23.0 Å². The van der Waals surface area contributed by atoms with Crippen LogP contribution in [0.2, 0.25) is 5.02 Å². The molecule has 0 radical (unpaired) electrons. The average Bonchev–Trinajstić information content (AvgIpc) is 3.37. The summed E-state index contributed by atoms with van der Waals surface area (Å²) in [6.45, 7) is -0.267. The monoisotopic (exact) mass is 624 g/mol. The topological polar surface area (TPSA) is 148 Å². The lowest BCUT2D eigenvalue weighted by Gasteiger charge is -2.35. The van der Waals surface area contributed by atoms with Gasteiger partial charge in [-0.05, 0) is 42.0 Å². The Hall–Kier alpha value is -5.64. The molecule has 0 saturated heterocycles. The van der Waals surface area contributed by atoms with Crippen molar-refractivity contribution in [1.29, 1.82) is 5.26 Å². The Labute approximate surface area is 251 Å². The summed E-state index contributed by atoms with van der Waals surface area (Å²) in [5, 5.41) is 24.8. The zero-order valence-corrected chi connectivity index (χ0v) is 23.3. The molecule has 4 aromatic rings. The Bertz CT molecular complexity index is 1890. The number of ether oxygens (including phenoxy) is 1. The number of alkyl halides is 3. The van der Waals surface area contributed by atoms with Gasteiger partial charge in [-0.3, -0.25) is 4.90 Å². The minimum absolute atomic E-state index is 0.0176. The van der Waals surface area contributed by atoms with E-state index in [0.29, 0.717) is 21.7 Å². The lowest BCUT2D eigenvalue weighted by Crippen LogP contribution is -2.38. The molecular formula is C29H20ClF3N6O5. The van der Waals surface area contributed by atoms with Gasteiger partial charge in [0, 0.05) is 29.9 Å². The first kappa shape index (κ1) is 31.3. The fourth-order valence-electron chi connectivity index (χ4n) is 4.79. The van der Waals surface area contributed by atoms with Crippen LogP contribution in [-0.4, -0.2) is 34.3 Å². The van der Waals surface area contributed by atoms with Gasteiger partial charge in [-0.25, -0.2) is 19.3 Å². The number of pyridine rings is 1. The highest BCUT2D eigenvalue weighted by molar-refractivity contribution is 6.30. The quantitative estimate of drug-likeness (QED) is 0.196. The summed E-state index contributed by atoms with van der Waals surface area (Å²) in [6.07, 6.45) is -0.190. The molecule has 15 heteroatoms. The number of fused-ring (bicyclic) bond motifs is 1. The summed E-state index contributed by atoms with van der Waals surface area (Å²) < 4.78 is 49.5. The SMILES string of the molecule is COC1=C(C=C=O)N(c2cccc(C(F)(F)F)c2)c2n[nH]c(=O)n2[C@@H]1c1ccc(C#N)cc1C[n+]1cccc(Cl)c1.O=C[O-]. The van der Waals surface area contributed by atoms with Crippen molar-refractivity contribution >= 4 is 35.7 Å². The van der Waals surface area contributed by atoms with Gasteiger partial charge in [-0.15, -0.1) is 5.10 Å². The van der Waals surface area contributed by atoms with Gasteiger partial charge in [0.05, 0.1) is 24.3 Å². The highest BCUT2D eigenvalue weighted by Gasteiger charge is 2.40. The molecule has 0 fully saturated rings. The fraction of sp³-hybridized carbons (Fsp3) is 0.138. The molecule has 0 bridgehead atoms. The van der Waals surface area contributed by atoms with E-state index >= 15 is 0 Å². The smallest absolute Gasteiger partial charge is 0.416 e. The summed E-state index contributed by atoms with van der Waals surface area (Å²) in [5.41, 5.74) is -0.161. The Morgan fingerprint density at radius 1 is 1.23 bits per heavy atom. The lowest BCUT2D eigenvalue weighted by molar-refractivity contribution is -0.688. The Balaban J connectivity index is 0.00000141. The van der Waals surface area contributed by atoms with Crippen molar-refractivity contribution < 1.29 is 37.2 Å². The number of hydrogen-bond donors (Lipinski definition) is 1. The Morgan fingerprint density at radius 3 is 2.61 bits per heavy atom. The molecule has 1 atom stereocenters. The summed E-state index contributed by atoms with van der Waals surface area (Å²) in [5.74, 6) is 1.64. The van der Waals surface area contributed by atoms with Crippen LogP contribution in [0.3, 0.4) is 0 Å². The van der Waals surface area contributed by atoms with Crippen LogP contribution in [-0.2, 0) is 27.0 Å². The van der Waals surface area contributed by atoms with E-state index in [1.807, 2.05) is 0 Å². The number of allylic oxidation sites excluding steroid dienone is 2. The summed E-state index contributed by atoms with van der Waals surface area (Å²) in [7, 11) is 1.32. The van der Waals surface area contributed by atoms with Gasteiger partial charge >= 0.3 is 11.9 Å². The normalized spacial score (nSPS) is 14.0. The molecular weight excluding hydrogens is 605 g/mol. The molecule has 0 aliphatic carbocycles. The predicted octanol–water partition coefficient (Wildman–Crippen LogP) is 2.80. The second-order valence-corrected chi connectivity index (χ2v) is 9.45. The first-order chi connectivity index (χ1) is 21.1. The number of carbonyl (C=O) groups is 1. The molecule has 1 aliphatic rings. The summed E-state index contributed by atoms with van der Waals surface area (Å²) >= 11 is 6.17. The van der Waals surface area contributed by atoms with E-state index in [1.165, 1.54) is 28.7 Å². The highest BCUT2D eigenvalue weighted by atomic mass is 35.5. The number of rotatable bonds is 6. The van der Waals surface area contributed by atoms with Crippen LogP contribution in [0.5, 0.6) is 0 Å². The maximum absolute atomic E-state index is 13.6. The molecule has 5 rings (SSSR count). The number of carbonyl (C=O) groups excluding carboxylic acids is 2. The molecule has 1 N–H and O–H groups in total. The molecule has 44 heavy (non-hydrogen) atoms. The number of anilines is 2. The molecule has 0 spiro atoms. The van der Waals surface area contributed by atoms with E-state index in [4.69, 9.17) is 26.2 Å². The van der Waals surface area contributed by atoms with Crippen LogP contribution < -0.4 is 20.3 Å². The molecule has 11 nitrogen and oxygen atoms in total. The minimum Gasteiger partial charge on any atom is -0.554 e. The number of carboxylic acid groups (broad SMARTS) is 1. The van der Waals surface area contributed by atoms with Crippen LogP contribution >= 0.6 is 11.6 Å². The summed E-state index contributed by atoms with van der Waals surface area (Å²) in [6, 6.07) is 13.7. The maximum atomic E-state index is 13.6. The number of nitrogens with zero attached hydrogens (tertiary/aromatic N) is 5. The number of aromatic nitrogens is 4. The molecule has 0 unspecified atom stereocenters. The number of halogens is 4. The number of methoxy groups -OCH3 is 1. The van der Waals surface area contributed by atoms with Crippen molar-refractivity contribution in [2.75, 3.05) is 12.0 Å². The third-order valence-electron chi connectivity index (χ3n) is 6.47. The first-order valence-corrected chi connectivity index (χ1v) is 12.8. The van der Waals surface area contributed by atoms with Gasteiger partial charge in [-0.1, -0.05) is 23.7 Å². The van der Waals surface area contributed by atoms with Crippen molar-refractivity contribution in [2.24, 2.45) is 0 Å². The highest BCUT2D eigenvalue weighted by Crippen LogP contribution is 2.43. The number of nitrogens with one attached hydrogen (secondary N) is 1. The van der Waals surface area contributed by atoms with Crippen LogP contribution in [0.4, 0.5) is 24.8 Å². The van der Waals surface area contributed by atoms with E-state index in [-0.39, 0.29) is 29.6 Å².